The van der Waals surface area contributed by atoms with Crippen LogP contribution in [0.5, 0.6) is 5.75 Å². The van der Waals surface area contributed by atoms with E-state index < -0.39 is 0 Å². The van der Waals surface area contributed by atoms with Crippen LogP contribution in [0.1, 0.15) is 29.0 Å². The van der Waals surface area contributed by atoms with Crippen LogP contribution in [0.15, 0.2) is 71.3 Å². The van der Waals surface area contributed by atoms with Crippen LogP contribution in [0.4, 0.5) is 10.1 Å². The molecule has 0 spiro atoms. The van der Waals surface area contributed by atoms with E-state index in [0.717, 1.165) is 57.9 Å². The largest absolute Gasteiger partial charge is 0.493 e. The van der Waals surface area contributed by atoms with Crippen molar-refractivity contribution < 1.29 is 18.3 Å². The summed E-state index contributed by atoms with van der Waals surface area (Å²) in [7, 11) is 0. The van der Waals surface area contributed by atoms with Crippen molar-refractivity contribution >= 4 is 11.6 Å². The van der Waals surface area contributed by atoms with E-state index in [1.807, 2.05) is 29.2 Å². The Bertz CT molecular complexity index is 1110. The number of para-hydroxylation sites is 1. The summed E-state index contributed by atoms with van der Waals surface area (Å²) in [5.41, 5.74) is 1.90. The van der Waals surface area contributed by atoms with Crippen molar-refractivity contribution in [3.8, 4) is 5.75 Å². The first-order valence-electron chi connectivity index (χ1n) is 12.4. The van der Waals surface area contributed by atoms with Gasteiger partial charge in [0.15, 0.2) is 5.76 Å². The highest BCUT2D eigenvalue weighted by Crippen LogP contribution is 2.23. The van der Waals surface area contributed by atoms with Gasteiger partial charge in [-0.1, -0.05) is 24.3 Å². The van der Waals surface area contributed by atoms with Crippen LogP contribution in [0.25, 0.3) is 0 Å². The Hall–Kier alpha value is -3.32. The second kappa shape index (κ2) is 11.0. The number of amides is 1. The molecule has 1 aromatic heterocycles. The zero-order valence-corrected chi connectivity index (χ0v) is 19.9. The molecule has 2 aromatic carbocycles. The zero-order valence-electron chi connectivity index (χ0n) is 19.9. The summed E-state index contributed by atoms with van der Waals surface area (Å²) < 4.78 is 25.5. The Labute approximate surface area is 205 Å². The van der Waals surface area contributed by atoms with Crippen molar-refractivity contribution in [3.63, 3.8) is 0 Å². The fourth-order valence-corrected chi connectivity index (χ4v) is 5.00. The van der Waals surface area contributed by atoms with E-state index >= 15 is 0 Å². The Balaban J connectivity index is 1.10. The quantitative estimate of drug-likeness (QED) is 0.495. The number of piperidine rings is 1. The molecule has 0 radical (unpaired) electrons. The van der Waals surface area contributed by atoms with Gasteiger partial charge < -0.3 is 19.0 Å². The Morgan fingerprint density at radius 3 is 2.66 bits per heavy atom. The molecule has 2 fully saturated rings. The first-order valence-corrected chi connectivity index (χ1v) is 12.4. The predicted molar refractivity (Wildman–Crippen MR) is 133 cm³/mol. The van der Waals surface area contributed by atoms with Crippen molar-refractivity contribution in [1.82, 2.24) is 9.80 Å². The molecule has 6 nitrogen and oxygen atoms in total. The number of anilines is 1. The average Bonchev–Trinajstić information content (AvgIpc) is 3.44. The summed E-state index contributed by atoms with van der Waals surface area (Å²) in [5, 5.41) is 0. The van der Waals surface area contributed by atoms with Gasteiger partial charge in [0.25, 0.3) is 5.91 Å². The maximum Gasteiger partial charge on any atom is 0.289 e. The third kappa shape index (κ3) is 5.85. The minimum Gasteiger partial charge on any atom is -0.493 e. The van der Waals surface area contributed by atoms with Crippen molar-refractivity contribution in [3.05, 3.63) is 84.1 Å². The smallest absolute Gasteiger partial charge is 0.289 e. The topological polar surface area (TPSA) is 49.2 Å². The molecule has 35 heavy (non-hydrogen) atoms. The minimum absolute atomic E-state index is 0.0446. The highest BCUT2D eigenvalue weighted by molar-refractivity contribution is 5.91. The molecule has 184 valence electrons. The van der Waals surface area contributed by atoms with Crippen LogP contribution in [0.2, 0.25) is 0 Å². The molecule has 0 unspecified atom stereocenters. The van der Waals surface area contributed by atoms with Crippen LogP contribution in [-0.2, 0) is 6.54 Å². The second-order valence-corrected chi connectivity index (χ2v) is 9.41. The molecule has 1 atom stereocenters. The summed E-state index contributed by atoms with van der Waals surface area (Å²) in [6.07, 6.45) is 3.56. The van der Waals surface area contributed by atoms with Crippen LogP contribution in [0, 0.1) is 11.7 Å². The van der Waals surface area contributed by atoms with Gasteiger partial charge in [-0.25, -0.2) is 4.39 Å². The molecule has 7 heteroatoms. The lowest BCUT2D eigenvalue weighted by molar-refractivity contribution is 0.0602. The van der Waals surface area contributed by atoms with Gasteiger partial charge in [0, 0.05) is 51.7 Å². The SMILES string of the molecule is O=C(c1ccco1)N1CCC[C@H](COc2cccc(CN3CCN(c4ccccc4F)CC3)c2)C1. The second-order valence-electron chi connectivity index (χ2n) is 9.41. The molecule has 2 saturated heterocycles. The van der Waals surface area contributed by atoms with Crippen molar-refractivity contribution in [1.29, 1.82) is 0 Å². The van der Waals surface area contributed by atoms with Crippen LogP contribution in [-0.4, -0.2) is 61.6 Å². The van der Waals surface area contributed by atoms with Crippen LogP contribution in [0.3, 0.4) is 0 Å². The monoisotopic (exact) mass is 477 g/mol. The molecule has 0 aliphatic carbocycles. The number of carbonyl (C=O) groups is 1. The standard InChI is InChI=1S/C28H32FN3O3/c29-25-9-1-2-10-26(25)31-15-13-30(14-16-31)19-22-6-3-8-24(18-22)35-21-23-7-4-12-32(20-23)28(33)27-11-5-17-34-27/h1-3,5-6,8-11,17-18,23H,4,7,12-16,19-21H2/t23-/m0/s1. The molecule has 0 saturated carbocycles. The lowest BCUT2D eigenvalue weighted by Gasteiger charge is -2.36. The highest BCUT2D eigenvalue weighted by Gasteiger charge is 2.26. The number of carbonyl (C=O) groups excluding carboxylic acids is 1. The van der Waals surface area contributed by atoms with E-state index in [0.29, 0.717) is 30.5 Å². The fourth-order valence-electron chi connectivity index (χ4n) is 5.00. The number of nitrogens with zero attached hydrogens (tertiary/aromatic N) is 3. The van der Waals surface area contributed by atoms with Gasteiger partial charge in [-0.2, -0.15) is 0 Å². The van der Waals surface area contributed by atoms with Gasteiger partial charge in [0.1, 0.15) is 11.6 Å². The van der Waals surface area contributed by atoms with Gasteiger partial charge in [0.2, 0.25) is 0 Å². The number of benzene rings is 2. The Morgan fingerprint density at radius 2 is 1.86 bits per heavy atom. The molecular weight excluding hydrogens is 445 g/mol. The molecule has 5 rings (SSSR count). The molecule has 3 heterocycles. The maximum atomic E-state index is 14.1. The molecular formula is C28H32FN3O3. The average molecular weight is 478 g/mol. The summed E-state index contributed by atoms with van der Waals surface area (Å²) in [6.45, 7) is 6.28. The van der Waals surface area contributed by atoms with Gasteiger partial charge in [0.05, 0.1) is 18.6 Å². The van der Waals surface area contributed by atoms with Crippen molar-refractivity contribution in [2.24, 2.45) is 5.92 Å². The van der Waals surface area contributed by atoms with E-state index in [9.17, 15) is 9.18 Å². The van der Waals surface area contributed by atoms with E-state index in [1.165, 1.54) is 17.9 Å². The first kappa shape index (κ1) is 23.4. The molecule has 3 aromatic rings. The number of rotatable bonds is 7. The van der Waals surface area contributed by atoms with E-state index in [1.54, 1.807) is 18.2 Å². The zero-order chi connectivity index (χ0) is 24.0. The van der Waals surface area contributed by atoms with Gasteiger partial charge in [-0.3, -0.25) is 9.69 Å². The third-order valence-electron chi connectivity index (χ3n) is 6.89. The molecule has 0 N–H and O–H groups in total. The predicted octanol–water partition coefficient (Wildman–Crippen LogP) is 4.67. The number of piperazine rings is 1. The number of ether oxygens (including phenoxy) is 1. The molecule has 2 aliphatic rings. The summed E-state index contributed by atoms with van der Waals surface area (Å²) in [5.74, 6) is 1.36. The summed E-state index contributed by atoms with van der Waals surface area (Å²) >= 11 is 0. The number of hydrogen-bond acceptors (Lipinski definition) is 5. The Kier molecular flexibility index (Phi) is 7.33. The van der Waals surface area contributed by atoms with Gasteiger partial charge in [-0.15, -0.1) is 0 Å². The number of likely N-dealkylation sites (tertiary alicyclic amines) is 1. The maximum absolute atomic E-state index is 14.1. The Morgan fingerprint density at radius 1 is 1.00 bits per heavy atom. The molecule has 2 aliphatic heterocycles. The fraction of sp³-hybridized carbons (Fsp3) is 0.393. The summed E-state index contributed by atoms with van der Waals surface area (Å²) in [4.78, 5) is 19.0. The number of furan rings is 1. The lowest BCUT2D eigenvalue weighted by Crippen LogP contribution is -2.46. The van der Waals surface area contributed by atoms with E-state index in [4.69, 9.17) is 9.15 Å². The highest BCUT2D eigenvalue weighted by atomic mass is 19.1. The minimum atomic E-state index is -0.155. The number of halogens is 1. The molecule has 1 amide bonds. The number of hydrogen-bond donors (Lipinski definition) is 0. The van der Waals surface area contributed by atoms with Crippen LogP contribution >= 0.6 is 0 Å². The normalized spacial score (nSPS) is 19.1. The van der Waals surface area contributed by atoms with Crippen molar-refractivity contribution in [2.45, 2.75) is 19.4 Å². The van der Waals surface area contributed by atoms with E-state index in [2.05, 4.69) is 21.9 Å². The molecule has 0 bridgehead atoms. The van der Waals surface area contributed by atoms with Crippen molar-refractivity contribution in [2.75, 3.05) is 50.8 Å². The summed E-state index contributed by atoms with van der Waals surface area (Å²) in [6, 6.07) is 18.7. The van der Waals surface area contributed by atoms with Gasteiger partial charge >= 0.3 is 0 Å². The van der Waals surface area contributed by atoms with Crippen LogP contribution < -0.4 is 9.64 Å². The third-order valence-corrected chi connectivity index (χ3v) is 6.89. The van der Waals surface area contributed by atoms with E-state index in [-0.39, 0.29) is 11.7 Å². The van der Waals surface area contributed by atoms with Gasteiger partial charge in [-0.05, 0) is 54.8 Å². The first-order chi connectivity index (χ1) is 17.2. The lowest BCUT2D eigenvalue weighted by atomic mass is 9.98.